The molecule has 2 saturated carbocycles. The molecule has 4 heteroatoms. The van der Waals surface area contributed by atoms with Gasteiger partial charge in [0.1, 0.15) is 0 Å². The lowest BCUT2D eigenvalue weighted by atomic mass is 9.92. The maximum absolute atomic E-state index is 12.2. The maximum atomic E-state index is 12.2. The number of ether oxygens (including phenoxy) is 1. The van der Waals surface area contributed by atoms with Crippen molar-refractivity contribution < 1.29 is 9.53 Å². The normalized spacial score (nSPS) is 19.5. The van der Waals surface area contributed by atoms with Crippen LogP contribution in [0.2, 0.25) is 0 Å². The smallest absolute Gasteiger partial charge is 0.315 e. The first-order valence-corrected chi connectivity index (χ1v) is 9.00. The molecule has 1 aromatic carbocycles. The lowest BCUT2D eigenvalue weighted by Gasteiger charge is -2.25. The number of hydrogen-bond acceptors (Lipinski definition) is 2. The van der Waals surface area contributed by atoms with Crippen LogP contribution in [-0.2, 0) is 4.74 Å². The van der Waals surface area contributed by atoms with Gasteiger partial charge >= 0.3 is 6.03 Å². The van der Waals surface area contributed by atoms with Crippen molar-refractivity contribution in [2.45, 2.75) is 44.6 Å². The lowest BCUT2D eigenvalue weighted by Crippen LogP contribution is -2.41. The summed E-state index contributed by atoms with van der Waals surface area (Å²) in [5.41, 5.74) is 1.21. The Kier molecular flexibility index (Phi) is 5.92. The highest BCUT2D eigenvalue weighted by Crippen LogP contribution is 2.35. The van der Waals surface area contributed by atoms with E-state index in [9.17, 15) is 4.79 Å². The molecule has 0 bridgehead atoms. The number of nitrogens with one attached hydrogen (secondary N) is 2. The minimum absolute atomic E-state index is 0.0826. The van der Waals surface area contributed by atoms with Crippen LogP contribution in [0, 0.1) is 11.8 Å². The monoisotopic (exact) mass is 316 g/mol. The highest BCUT2D eigenvalue weighted by molar-refractivity contribution is 5.74. The molecule has 0 saturated heterocycles. The van der Waals surface area contributed by atoms with E-state index in [0.717, 1.165) is 12.5 Å². The first kappa shape index (κ1) is 16.3. The Labute approximate surface area is 139 Å². The second kappa shape index (κ2) is 8.34. The predicted molar refractivity (Wildman–Crippen MR) is 91.2 cm³/mol. The van der Waals surface area contributed by atoms with E-state index in [0.29, 0.717) is 19.1 Å². The molecule has 2 fully saturated rings. The van der Waals surface area contributed by atoms with Crippen molar-refractivity contribution in [3.05, 3.63) is 35.9 Å². The van der Waals surface area contributed by atoms with Crippen molar-refractivity contribution in [3.63, 3.8) is 0 Å². The van der Waals surface area contributed by atoms with Gasteiger partial charge in [-0.25, -0.2) is 4.79 Å². The van der Waals surface area contributed by atoms with Crippen LogP contribution in [0.5, 0.6) is 0 Å². The Balaban J connectivity index is 1.45. The maximum Gasteiger partial charge on any atom is 0.315 e. The highest BCUT2D eigenvalue weighted by atomic mass is 16.5. The van der Waals surface area contributed by atoms with E-state index in [2.05, 4.69) is 22.8 Å². The Morgan fingerprint density at radius 1 is 1.13 bits per heavy atom. The van der Waals surface area contributed by atoms with E-state index in [-0.39, 0.29) is 12.1 Å². The highest BCUT2D eigenvalue weighted by Gasteiger charge is 2.27. The average Bonchev–Trinajstić information content (AvgIpc) is 3.24. The Morgan fingerprint density at radius 3 is 2.57 bits per heavy atom. The Hall–Kier alpha value is -1.55. The molecule has 2 N–H and O–H groups in total. The molecule has 4 nitrogen and oxygen atoms in total. The van der Waals surface area contributed by atoms with Gasteiger partial charge in [0.2, 0.25) is 0 Å². The largest absolute Gasteiger partial charge is 0.379 e. The summed E-state index contributed by atoms with van der Waals surface area (Å²) in [4.78, 5) is 12.2. The molecular formula is C19H28N2O2. The third kappa shape index (κ3) is 5.24. The third-order valence-corrected chi connectivity index (χ3v) is 4.90. The molecule has 2 aliphatic carbocycles. The summed E-state index contributed by atoms with van der Waals surface area (Å²) in [6, 6.07) is 10.4. The van der Waals surface area contributed by atoms with Gasteiger partial charge in [-0.1, -0.05) is 43.2 Å². The summed E-state index contributed by atoms with van der Waals surface area (Å²) in [6.45, 7) is 2.02. The van der Waals surface area contributed by atoms with E-state index >= 15 is 0 Å². The minimum atomic E-state index is -0.0826. The zero-order valence-electron chi connectivity index (χ0n) is 13.8. The van der Waals surface area contributed by atoms with Crippen LogP contribution in [0.3, 0.4) is 0 Å². The first-order valence-electron chi connectivity index (χ1n) is 9.00. The molecule has 0 radical (unpaired) electrons. The molecule has 3 rings (SSSR count). The molecule has 2 amide bonds. The molecule has 0 aliphatic heterocycles. The SMILES string of the molecule is O=C(NCCOCC1CC1)NC(c1ccccc1)C1CCCC1. The van der Waals surface area contributed by atoms with Crippen LogP contribution in [-0.4, -0.2) is 25.8 Å². The van der Waals surface area contributed by atoms with Crippen LogP contribution < -0.4 is 10.6 Å². The summed E-state index contributed by atoms with van der Waals surface area (Å²) in [6.07, 6.45) is 7.54. The van der Waals surface area contributed by atoms with Crippen molar-refractivity contribution in [1.82, 2.24) is 10.6 Å². The second-order valence-corrected chi connectivity index (χ2v) is 6.85. The fraction of sp³-hybridized carbons (Fsp3) is 0.632. The average molecular weight is 316 g/mol. The van der Waals surface area contributed by atoms with Gasteiger partial charge in [0.25, 0.3) is 0 Å². The van der Waals surface area contributed by atoms with E-state index < -0.39 is 0 Å². The van der Waals surface area contributed by atoms with Gasteiger partial charge < -0.3 is 15.4 Å². The van der Waals surface area contributed by atoms with Gasteiger partial charge in [-0.15, -0.1) is 0 Å². The zero-order chi connectivity index (χ0) is 15.9. The second-order valence-electron chi connectivity index (χ2n) is 6.85. The standard InChI is InChI=1S/C19H28N2O2/c22-19(20-12-13-23-14-15-10-11-15)21-18(17-8-4-5-9-17)16-6-2-1-3-7-16/h1-3,6-7,15,17-18H,4-5,8-14H2,(H2,20,21,22). The lowest BCUT2D eigenvalue weighted by molar-refractivity contribution is 0.126. The van der Waals surface area contributed by atoms with Gasteiger partial charge in [-0.2, -0.15) is 0 Å². The molecule has 0 aromatic heterocycles. The molecule has 0 spiro atoms. The molecule has 126 valence electrons. The van der Waals surface area contributed by atoms with E-state index in [1.807, 2.05) is 18.2 Å². The number of rotatable bonds is 8. The predicted octanol–water partition coefficient (Wildman–Crippen LogP) is 3.64. The topological polar surface area (TPSA) is 50.4 Å². The van der Waals surface area contributed by atoms with Crippen molar-refractivity contribution >= 4 is 6.03 Å². The van der Waals surface area contributed by atoms with Crippen LogP contribution in [0.25, 0.3) is 0 Å². The van der Waals surface area contributed by atoms with Crippen molar-refractivity contribution in [2.24, 2.45) is 11.8 Å². The van der Waals surface area contributed by atoms with Gasteiger partial charge in [-0.05, 0) is 43.1 Å². The van der Waals surface area contributed by atoms with Crippen LogP contribution >= 0.6 is 0 Å². The zero-order valence-corrected chi connectivity index (χ0v) is 13.8. The fourth-order valence-electron chi connectivity index (χ4n) is 3.39. The fourth-order valence-corrected chi connectivity index (χ4v) is 3.39. The quantitative estimate of drug-likeness (QED) is 0.719. The molecule has 23 heavy (non-hydrogen) atoms. The number of carbonyl (C=O) groups is 1. The summed E-state index contributed by atoms with van der Waals surface area (Å²) >= 11 is 0. The van der Waals surface area contributed by atoms with E-state index in [1.54, 1.807) is 0 Å². The van der Waals surface area contributed by atoms with E-state index in [1.165, 1.54) is 44.1 Å². The summed E-state index contributed by atoms with van der Waals surface area (Å²) in [5, 5.41) is 6.11. The summed E-state index contributed by atoms with van der Waals surface area (Å²) < 4.78 is 5.55. The van der Waals surface area contributed by atoms with Crippen molar-refractivity contribution in [1.29, 1.82) is 0 Å². The first-order chi connectivity index (χ1) is 11.3. The third-order valence-electron chi connectivity index (χ3n) is 4.90. The van der Waals surface area contributed by atoms with Crippen LogP contribution in [0.1, 0.15) is 50.1 Å². The number of benzene rings is 1. The summed E-state index contributed by atoms with van der Waals surface area (Å²) in [7, 11) is 0. The van der Waals surface area contributed by atoms with Gasteiger partial charge in [0.15, 0.2) is 0 Å². The van der Waals surface area contributed by atoms with Crippen LogP contribution in [0.4, 0.5) is 4.79 Å². The Morgan fingerprint density at radius 2 is 1.87 bits per heavy atom. The summed E-state index contributed by atoms with van der Waals surface area (Å²) in [5.74, 6) is 1.32. The van der Waals surface area contributed by atoms with Gasteiger partial charge in [0.05, 0.1) is 12.6 Å². The number of carbonyl (C=O) groups excluding carboxylic acids is 1. The van der Waals surface area contributed by atoms with Crippen molar-refractivity contribution in [2.75, 3.05) is 19.8 Å². The number of hydrogen-bond donors (Lipinski definition) is 2. The van der Waals surface area contributed by atoms with Crippen molar-refractivity contribution in [3.8, 4) is 0 Å². The minimum Gasteiger partial charge on any atom is -0.379 e. The van der Waals surface area contributed by atoms with Gasteiger partial charge in [0, 0.05) is 13.2 Å². The molecule has 1 unspecified atom stereocenters. The van der Waals surface area contributed by atoms with E-state index in [4.69, 9.17) is 4.74 Å². The number of amides is 2. The molecule has 0 heterocycles. The molecule has 1 aromatic rings. The van der Waals surface area contributed by atoms with Gasteiger partial charge in [-0.3, -0.25) is 0 Å². The molecular weight excluding hydrogens is 288 g/mol. The van der Waals surface area contributed by atoms with Crippen LogP contribution in [0.15, 0.2) is 30.3 Å². The molecule has 2 aliphatic rings. The Bertz CT molecular complexity index is 481. The number of urea groups is 1. The molecule has 1 atom stereocenters.